The maximum Gasteiger partial charge on any atom is 0.262 e. The molecule has 0 spiro atoms. The fourth-order valence-electron chi connectivity index (χ4n) is 7.07. The lowest BCUT2D eigenvalue weighted by atomic mass is 10.1. The van der Waals surface area contributed by atoms with Crippen LogP contribution < -0.4 is 10.4 Å². The summed E-state index contributed by atoms with van der Waals surface area (Å²) >= 11 is 0. The van der Waals surface area contributed by atoms with Crippen molar-refractivity contribution in [2.24, 2.45) is 0 Å². The van der Waals surface area contributed by atoms with E-state index >= 15 is 0 Å². The van der Waals surface area contributed by atoms with E-state index < -0.39 is 32.6 Å². The van der Waals surface area contributed by atoms with Crippen molar-refractivity contribution < 1.29 is 23.8 Å². The van der Waals surface area contributed by atoms with Crippen molar-refractivity contribution in [2.45, 2.75) is 69.9 Å². The number of ether oxygens (including phenoxy) is 3. The van der Waals surface area contributed by atoms with Gasteiger partial charge >= 0.3 is 0 Å². The minimum absolute atomic E-state index is 0.188. The molecule has 0 saturated carbocycles. The molecule has 0 unspecified atom stereocenters. The molecule has 268 valence electrons. The van der Waals surface area contributed by atoms with E-state index in [1.165, 1.54) is 15.4 Å². The minimum Gasteiger partial charge on any atom is -0.396 e. The van der Waals surface area contributed by atoms with Gasteiger partial charge in [0, 0.05) is 0 Å². The number of hydrogen-bond acceptors (Lipinski definition) is 6. The summed E-state index contributed by atoms with van der Waals surface area (Å²) in [6.07, 6.45) is -1.10. The summed E-state index contributed by atoms with van der Waals surface area (Å²) in [6, 6.07) is 50.0. The maximum absolute atomic E-state index is 11.9. The van der Waals surface area contributed by atoms with Gasteiger partial charge in [-0.1, -0.05) is 184 Å². The Kier molecular flexibility index (Phi) is 12.9. The molecule has 1 heterocycles. The Bertz CT molecular complexity index is 1800. The van der Waals surface area contributed by atoms with Crippen LogP contribution in [0.4, 0.5) is 0 Å². The van der Waals surface area contributed by atoms with Gasteiger partial charge in [0.2, 0.25) is 0 Å². The molecular formula is C45H49NO5Si. The normalized spacial score (nSPS) is 19.2. The molecular weight excluding hydrogens is 663 g/mol. The van der Waals surface area contributed by atoms with Gasteiger partial charge in [0.15, 0.2) is 0 Å². The molecule has 6 rings (SSSR count). The van der Waals surface area contributed by atoms with Crippen LogP contribution in [0.2, 0.25) is 5.04 Å². The first-order valence-corrected chi connectivity index (χ1v) is 19.9. The first-order chi connectivity index (χ1) is 25.4. The summed E-state index contributed by atoms with van der Waals surface area (Å²) in [5.41, 5.74) is 3.12. The van der Waals surface area contributed by atoms with Crippen molar-refractivity contribution in [1.82, 2.24) is 5.06 Å². The van der Waals surface area contributed by atoms with Gasteiger partial charge in [0.1, 0.15) is 18.2 Å². The predicted octanol–water partition coefficient (Wildman–Crippen LogP) is 7.40. The van der Waals surface area contributed by atoms with Gasteiger partial charge in [0.05, 0.1) is 39.1 Å². The molecule has 6 nitrogen and oxygen atoms in total. The lowest BCUT2D eigenvalue weighted by molar-refractivity contribution is -0.155. The average molecular weight is 712 g/mol. The van der Waals surface area contributed by atoms with Gasteiger partial charge < -0.3 is 23.8 Å². The number of benzene rings is 5. The minimum atomic E-state index is -2.80. The summed E-state index contributed by atoms with van der Waals surface area (Å²) in [4.78, 5) is 0. The lowest BCUT2D eigenvalue weighted by Gasteiger charge is -2.42. The van der Waals surface area contributed by atoms with Crippen LogP contribution in [0.5, 0.6) is 0 Å². The first kappa shape index (κ1) is 37.4. The van der Waals surface area contributed by atoms with Crippen LogP contribution in [0.25, 0.3) is 0 Å². The highest BCUT2D eigenvalue weighted by Crippen LogP contribution is 2.37. The summed E-state index contributed by atoms with van der Waals surface area (Å²) < 4.78 is 26.6. The van der Waals surface area contributed by atoms with Gasteiger partial charge in [-0.25, -0.2) is 0 Å². The topological polar surface area (TPSA) is 60.4 Å². The third kappa shape index (κ3) is 8.98. The highest BCUT2D eigenvalue weighted by atomic mass is 28.4. The Hall–Kier alpha value is -4.36. The van der Waals surface area contributed by atoms with E-state index in [0.717, 1.165) is 16.7 Å². The number of hydrogen-bond donors (Lipinski definition) is 1. The van der Waals surface area contributed by atoms with Gasteiger partial charge in [-0.3, -0.25) is 0 Å². The van der Waals surface area contributed by atoms with Crippen LogP contribution in [0, 0.1) is 11.8 Å². The molecule has 1 aliphatic rings. The molecule has 1 N–H and O–H groups in total. The van der Waals surface area contributed by atoms with Crippen molar-refractivity contribution in [3.8, 4) is 11.8 Å². The average Bonchev–Trinajstić information content (AvgIpc) is 3.43. The van der Waals surface area contributed by atoms with Crippen LogP contribution in [-0.4, -0.2) is 56.1 Å². The molecule has 1 fully saturated rings. The Morgan fingerprint density at radius 3 is 1.48 bits per heavy atom. The van der Waals surface area contributed by atoms with Crippen LogP contribution >= 0.6 is 0 Å². The van der Waals surface area contributed by atoms with Crippen LogP contribution in [0.15, 0.2) is 152 Å². The second kappa shape index (κ2) is 17.9. The molecule has 0 amide bonds. The van der Waals surface area contributed by atoms with Crippen LogP contribution in [0.3, 0.4) is 0 Å². The van der Waals surface area contributed by atoms with Crippen molar-refractivity contribution in [1.29, 1.82) is 0 Å². The van der Waals surface area contributed by atoms with Gasteiger partial charge in [0.25, 0.3) is 8.32 Å². The summed E-state index contributed by atoms with van der Waals surface area (Å²) in [6.45, 7) is 8.29. The zero-order valence-electron chi connectivity index (χ0n) is 30.3. The molecule has 1 saturated heterocycles. The highest BCUT2D eigenvalue weighted by Gasteiger charge is 2.51. The standard InChI is InChI=1S/C45H49NO5Si/c1-45(2,3)52(39-26-15-7-16-27-39,40-28-17-8-18-29-40)51-31-19-30-41-43(49-33-37-22-11-5-12-23-37)44(50-34-38-24-13-6-14-25-38)42(46(41)47)35-48-32-36-20-9-4-10-21-36/h4-18,20-29,41-44,47H,31-35H2,1-3H3/t41-,42-,43-,44-/m1/s1. The molecule has 1 aliphatic heterocycles. The Labute approximate surface area is 310 Å². The Morgan fingerprint density at radius 2 is 1.02 bits per heavy atom. The zero-order chi connectivity index (χ0) is 36.2. The molecule has 0 radical (unpaired) electrons. The summed E-state index contributed by atoms with van der Waals surface area (Å²) in [7, 11) is -2.80. The molecule has 4 atom stereocenters. The monoisotopic (exact) mass is 711 g/mol. The van der Waals surface area contributed by atoms with E-state index in [1.54, 1.807) is 0 Å². The molecule has 0 bridgehead atoms. The fourth-order valence-corrected chi connectivity index (χ4v) is 11.5. The van der Waals surface area contributed by atoms with E-state index in [1.807, 2.05) is 103 Å². The second-order valence-electron chi connectivity index (χ2n) is 14.2. The first-order valence-electron chi connectivity index (χ1n) is 18.0. The van der Waals surface area contributed by atoms with Crippen LogP contribution in [0.1, 0.15) is 37.5 Å². The van der Waals surface area contributed by atoms with E-state index in [9.17, 15) is 5.21 Å². The van der Waals surface area contributed by atoms with Crippen molar-refractivity contribution in [3.05, 3.63) is 168 Å². The van der Waals surface area contributed by atoms with E-state index in [2.05, 4.69) is 81.1 Å². The number of rotatable bonds is 14. The molecule has 52 heavy (non-hydrogen) atoms. The zero-order valence-corrected chi connectivity index (χ0v) is 31.3. The van der Waals surface area contributed by atoms with E-state index in [4.69, 9.17) is 18.6 Å². The largest absolute Gasteiger partial charge is 0.396 e. The lowest BCUT2D eigenvalue weighted by Crippen LogP contribution is -2.66. The summed E-state index contributed by atoms with van der Waals surface area (Å²) in [5, 5.41) is 15.4. The quantitative estimate of drug-likeness (QED) is 0.0958. The van der Waals surface area contributed by atoms with Gasteiger partial charge in [-0.15, -0.1) is 0 Å². The third-order valence-electron chi connectivity index (χ3n) is 9.64. The number of hydroxylamine groups is 2. The van der Waals surface area contributed by atoms with Crippen molar-refractivity contribution in [2.75, 3.05) is 13.2 Å². The SMILES string of the molecule is CC(C)(C)[Si](OCC#C[C@@H]1[C@@H](OCc2ccccc2)[C@H](OCc2ccccc2)[C@@H](COCc2ccccc2)N1O)(c1ccccc1)c1ccccc1. The van der Waals surface area contributed by atoms with Crippen LogP contribution in [-0.2, 0) is 38.5 Å². The van der Waals surface area contributed by atoms with Crippen molar-refractivity contribution >= 4 is 18.7 Å². The third-order valence-corrected chi connectivity index (χ3v) is 14.6. The second-order valence-corrected chi connectivity index (χ2v) is 18.5. The number of nitrogens with zero attached hydrogens (tertiary/aromatic N) is 1. The smallest absolute Gasteiger partial charge is 0.262 e. The maximum atomic E-state index is 11.9. The Balaban J connectivity index is 1.29. The molecule has 0 aromatic heterocycles. The molecule has 5 aromatic rings. The predicted molar refractivity (Wildman–Crippen MR) is 209 cm³/mol. The summed E-state index contributed by atoms with van der Waals surface area (Å²) in [5.74, 6) is 6.71. The molecule has 0 aliphatic carbocycles. The van der Waals surface area contributed by atoms with Crippen molar-refractivity contribution in [3.63, 3.8) is 0 Å². The van der Waals surface area contributed by atoms with Gasteiger partial charge in [-0.2, -0.15) is 5.06 Å². The highest BCUT2D eigenvalue weighted by molar-refractivity contribution is 6.99. The van der Waals surface area contributed by atoms with E-state index in [-0.39, 0.29) is 18.3 Å². The fraction of sp³-hybridized carbons (Fsp3) is 0.289. The van der Waals surface area contributed by atoms with E-state index in [0.29, 0.717) is 19.8 Å². The molecule has 7 heteroatoms. The Morgan fingerprint density at radius 1 is 0.596 bits per heavy atom. The molecule has 5 aromatic carbocycles. The van der Waals surface area contributed by atoms with Gasteiger partial charge in [-0.05, 0) is 32.1 Å².